The zero-order valence-corrected chi connectivity index (χ0v) is 27.3. The lowest BCUT2D eigenvalue weighted by molar-refractivity contribution is -0.311. The van der Waals surface area contributed by atoms with E-state index in [0.717, 1.165) is 37.7 Å². The van der Waals surface area contributed by atoms with Crippen molar-refractivity contribution in [2.75, 3.05) is 13.2 Å². The zero-order valence-electron chi connectivity index (χ0n) is 27.3. The quantitative estimate of drug-likeness (QED) is 0.296. The summed E-state index contributed by atoms with van der Waals surface area (Å²) >= 11 is 0. The molecule has 5 N–H and O–H groups in total. The molecule has 5 aliphatic carbocycles. The molecular weight excluding hydrogens is 564 g/mol. The monoisotopic (exact) mass is 618 g/mol. The van der Waals surface area contributed by atoms with Gasteiger partial charge in [0.05, 0.1) is 24.7 Å². The van der Waals surface area contributed by atoms with E-state index in [2.05, 4.69) is 34.6 Å². The lowest BCUT2D eigenvalue weighted by Gasteiger charge is -2.70. The number of rotatable bonds is 4. The summed E-state index contributed by atoms with van der Waals surface area (Å²) in [6.07, 6.45) is 2.74. The number of hydrogen-bond acceptors (Lipinski definition) is 8. The molecular formula is C35H54O9. The standard InChI is InChI=1S/C35H54O9/c1-30(2)11-13-35(29(41)42)14-12-33(5)19(20(35)16-30)15-21(37)27-31(3)9-8-24(44-28-26(40)25(39)22(38)17-43-28)32(4,18-36)23(31)7-10-34(27,33)6/h15,20,22-28,36,38-40H,7-14,16-18H2,1-6H3,(H,41,42)/t20-,22+,23-,24+,25+,26-,27-,28+,31+,32+,33-,34-,35+/m1/s1. The van der Waals surface area contributed by atoms with E-state index in [-0.39, 0.29) is 53.0 Å². The first-order chi connectivity index (χ1) is 20.4. The second-order valence-electron chi connectivity index (χ2n) is 17.2. The van der Waals surface area contributed by atoms with Gasteiger partial charge < -0.3 is 35.0 Å². The number of carbonyl (C=O) groups excluding carboxylic acids is 1. The topological polar surface area (TPSA) is 154 Å². The molecule has 13 atom stereocenters. The minimum absolute atomic E-state index is 0.0121. The van der Waals surface area contributed by atoms with Crippen molar-refractivity contribution in [2.24, 2.45) is 50.2 Å². The van der Waals surface area contributed by atoms with E-state index in [1.807, 2.05) is 13.0 Å². The molecule has 1 aliphatic heterocycles. The van der Waals surface area contributed by atoms with Gasteiger partial charge in [-0.1, -0.05) is 47.1 Å². The van der Waals surface area contributed by atoms with Gasteiger partial charge >= 0.3 is 5.97 Å². The van der Waals surface area contributed by atoms with E-state index in [0.29, 0.717) is 25.7 Å². The van der Waals surface area contributed by atoms with E-state index < -0.39 is 52.9 Å². The molecule has 1 heterocycles. The van der Waals surface area contributed by atoms with Crippen LogP contribution in [-0.2, 0) is 19.1 Å². The van der Waals surface area contributed by atoms with E-state index in [1.54, 1.807) is 0 Å². The summed E-state index contributed by atoms with van der Waals surface area (Å²) in [4.78, 5) is 27.5. The summed E-state index contributed by atoms with van der Waals surface area (Å²) in [5.74, 6) is -1.11. The van der Waals surface area contributed by atoms with Crippen LogP contribution in [0.5, 0.6) is 0 Å². The third-order valence-corrected chi connectivity index (χ3v) is 14.6. The second kappa shape index (κ2) is 10.3. The third-order valence-electron chi connectivity index (χ3n) is 14.6. The molecule has 0 aromatic heterocycles. The number of aliphatic carboxylic acids is 1. The lowest BCUT2D eigenvalue weighted by atomic mass is 9.33. The normalized spacial score (nSPS) is 53.4. The molecule has 4 saturated carbocycles. The van der Waals surface area contributed by atoms with Crippen molar-refractivity contribution in [1.82, 2.24) is 0 Å². The molecule has 9 nitrogen and oxygen atoms in total. The summed E-state index contributed by atoms with van der Waals surface area (Å²) < 4.78 is 11.9. The molecule has 6 rings (SSSR count). The molecule has 0 unspecified atom stereocenters. The van der Waals surface area contributed by atoms with Crippen LogP contribution in [-0.4, -0.2) is 81.2 Å². The van der Waals surface area contributed by atoms with Crippen molar-refractivity contribution in [2.45, 2.75) is 130 Å². The maximum Gasteiger partial charge on any atom is 0.310 e. The fourth-order valence-corrected chi connectivity index (χ4v) is 11.7. The minimum atomic E-state index is -1.41. The predicted molar refractivity (Wildman–Crippen MR) is 161 cm³/mol. The summed E-state index contributed by atoms with van der Waals surface area (Å²) in [6, 6.07) is 0. The van der Waals surface area contributed by atoms with Crippen LogP contribution in [0.1, 0.15) is 99.3 Å². The SMILES string of the molecule is CC1(C)CC[C@]2(C(=O)O)CC[C@]3(C)C(=CC(=O)[C@@H]4[C@@]5(C)CC[C@H](O[C@@H]6OC[C@H](O)[C@H](O)[C@H]6O)[C@@](C)(CO)[C@@H]5CC[C@]43C)[C@H]2C1. The largest absolute Gasteiger partial charge is 0.481 e. The van der Waals surface area contributed by atoms with Gasteiger partial charge in [0.25, 0.3) is 0 Å². The van der Waals surface area contributed by atoms with Gasteiger partial charge in [-0.15, -0.1) is 0 Å². The van der Waals surface area contributed by atoms with Crippen molar-refractivity contribution in [1.29, 1.82) is 0 Å². The number of aliphatic hydroxyl groups is 4. The predicted octanol–water partition coefficient (Wildman–Crippen LogP) is 3.85. The van der Waals surface area contributed by atoms with Gasteiger partial charge in [-0.05, 0) is 97.4 Å². The molecule has 0 aromatic rings. The van der Waals surface area contributed by atoms with Crippen LogP contribution >= 0.6 is 0 Å². The Labute approximate surface area is 261 Å². The Morgan fingerprint density at radius 3 is 2.30 bits per heavy atom. The molecule has 0 aromatic carbocycles. The van der Waals surface area contributed by atoms with E-state index in [9.17, 15) is 35.1 Å². The van der Waals surface area contributed by atoms with Gasteiger partial charge in [0.1, 0.15) is 18.3 Å². The van der Waals surface area contributed by atoms with Crippen LogP contribution in [0.3, 0.4) is 0 Å². The van der Waals surface area contributed by atoms with Gasteiger partial charge in [0.15, 0.2) is 12.1 Å². The maximum absolute atomic E-state index is 14.6. The van der Waals surface area contributed by atoms with Gasteiger partial charge in [-0.25, -0.2) is 0 Å². The highest BCUT2D eigenvalue weighted by molar-refractivity contribution is 5.96. The highest BCUT2D eigenvalue weighted by atomic mass is 16.7. The Morgan fingerprint density at radius 1 is 0.955 bits per heavy atom. The van der Waals surface area contributed by atoms with Crippen LogP contribution < -0.4 is 0 Å². The van der Waals surface area contributed by atoms with Gasteiger partial charge in [0.2, 0.25) is 0 Å². The highest BCUT2D eigenvalue weighted by Gasteiger charge is 2.71. The molecule has 0 bridgehead atoms. The number of carboxylic acid groups (broad SMARTS) is 1. The highest BCUT2D eigenvalue weighted by Crippen LogP contribution is 2.75. The minimum Gasteiger partial charge on any atom is -0.481 e. The fraction of sp³-hybridized carbons (Fsp3) is 0.886. The summed E-state index contributed by atoms with van der Waals surface area (Å²) in [6.45, 7) is 12.9. The third kappa shape index (κ3) is 4.25. The van der Waals surface area contributed by atoms with E-state index >= 15 is 0 Å². The molecule has 0 radical (unpaired) electrons. The smallest absolute Gasteiger partial charge is 0.310 e. The van der Waals surface area contributed by atoms with E-state index in [4.69, 9.17) is 9.47 Å². The van der Waals surface area contributed by atoms with Crippen LogP contribution in [0, 0.1) is 50.2 Å². The number of hydrogen-bond donors (Lipinski definition) is 5. The van der Waals surface area contributed by atoms with Crippen molar-refractivity contribution in [3.8, 4) is 0 Å². The molecule has 0 amide bonds. The first kappa shape index (κ1) is 32.6. The van der Waals surface area contributed by atoms with Crippen LogP contribution in [0.2, 0.25) is 0 Å². The number of carbonyl (C=O) groups is 2. The van der Waals surface area contributed by atoms with Crippen molar-refractivity contribution in [3.05, 3.63) is 11.6 Å². The maximum atomic E-state index is 14.6. The van der Waals surface area contributed by atoms with Crippen LogP contribution in [0.15, 0.2) is 11.6 Å². The summed E-state index contributed by atoms with van der Waals surface area (Å²) in [5, 5.41) is 52.3. The van der Waals surface area contributed by atoms with E-state index in [1.165, 1.54) is 0 Å². The second-order valence-corrected chi connectivity index (χ2v) is 17.2. The Balaban J connectivity index is 1.36. The Bertz CT molecular complexity index is 1230. The molecule has 1 saturated heterocycles. The number of carboxylic acids is 1. The molecule has 44 heavy (non-hydrogen) atoms. The average Bonchev–Trinajstić information content (AvgIpc) is 2.95. The molecule has 5 fully saturated rings. The lowest BCUT2D eigenvalue weighted by Crippen LogP contribution is -2.68. The first-order valence-corrected chi connectivity index (χ1v) is 16.8. The zero-order chi connectivity index (χ0) is 32.3. The van der Waals surface area contributed by atoms with Gasteiger partial charge in [-0.3, -0.25) is 9.59 Å². The number of fused-ring (bicyclic) bond motifs is 7. The number of allylic oxidation sites excluding steroid dienone is 2. The summed E-state index contributed by atoms with van der Waals surface area (Å²) in [7, 11) is 0. The van der Waals surface area contributed by atoms with Crippen LogP contribution in [0.4, 0.5) is 0 Å². The Kier molecular flexibility index (Phi) is 7.64. The number of ketones is 1. The summed E-state index contributed by atoms with van der Waals surface area (Å²) in [5.41, 5.74) is -1.57. The van der Waals surface area contributed by atoms with Crippen molar-refractivity contribution in [3.63, 3.8) is 0 Å². The van der Waals surface area contributed by atoms with Gasteiger partial charge in [0, 0.05) is 11.3 Å². The first-order valence-electron chi connectivity index (χ1n) is 16.8. The molecule has 248 valence electrons. The molecule has 9 heteroatoms. The fourth-order valence-electron chi connectivity index (χ4n) is 11.7. The average molecular weight is 619 g/mol. The van der Waals surface area contributed by atoms with Crippen LogP contribution in [0.25, 0.3) is 0 Å². The Hall–Kier alpha value is -1.36. The molecule has 0 spiro atoms. The van der Waals surface area contributed by atoms with Crippen molar-refractivity contribution < 1.29 is 44.6 Å². The van der Waals surface area contributed by atoms with Crippen molar-refractivity contribution >= 4 is 11.8 Å². The number of ether oxygens (including phenoxy) is 2. The molecule has 6 aliphatic rings. The van der Waals surface area contributed by atoms with Gasteiger partial charge in [-0.2, -0.15) is 0 Å². The Morgan fingerprint density at radius 2 is 1.64 bits per heavy atom. The number of aliphatic hydroxyl groups excluding tert-OH is 4.